The van der Waals surface area contributed by atoms with E-state index in [2.05, 4.69) is 47.5 Å². The Hall–Kier alpha value is -1.37. The predicted octanol–water partition coefficient (Wildman–Crippen LogP) is 2.67. The van der Waals surface area contributed by atoms with E-state index in [9.17, 15) is 5.26 Å². The molecule has 3 nitrogen and oxygen atoms in total. The quantitative estimate of drug-likeness (QED) is 0.863. The molecular weight excluding hydrogens is 246 g/mol. The standard InChI is InChI=1S/C17H23N3/c1-2-9-19-17(12-18,16-7-8-16)13-20-10-14-5-3-4-6-15(14)11-20/h3-6,16,19H,2,7-11,13H2,1H3. The first-order chi connectivity index (χ1) is 9.77. The highest BCUT2D eigenvalue weighted by molar-refractivity contribution is 5.31. The monoisotopic (exact) mass is 269 g/mol. The summed E-state index contributed by atoms with van der Waals surface area (Å²) in [4.78, 5) is 2.43. The minimum absolute atomic E-state index is 0.335. The van der Waals surface area contributed by atoms with Crippen LogP contribution in [-0.2, 0) is 13.1 Å². The second-order valence-electron chi connectivity index (χ2n) is 6.20. The first kappa shape index (κ1) is 13.6. The van der Waals surface area contributed by atoms with E-state index in [1.807, 2.05) is 0 Å². The van der Waals surface area contributed by atoms with Crippen LogP contribution in [0.4, 0.5) is 0 Å². The second kappa shape index (κ2) is 5.55. The third-order valence-corrected chi connectivity index (χ3v) is 4.54. The van der Waals surface area contributed by atoms with Gasteiger partial charge in [0, 0.05) is 19.6 Å². The molecule has 0 radical (unpaired) electrons. The van der Waals surface area contributed by atoms with Gasteiger partial charge >= 0.3 is 0 Å². The van der Waals surface area contributed by atoms with E-state index in [-0.39, 0.29) is 5.54 Å². The van der Waals surface area contributed by atoms with Gasteiger partial charge in [-0.05, 0) is 42.9 Å². The average Bonchev–Trinajstić information content (AvgIpc) is 3.24. The van der Waals surface area contributed by atoms with Gasteiger partial charge in [0.15, 0.2) is 0 Å². The number of nitriles is 1. The molecule has 1 fully saturated rings. The highest BCUT2D eigenvalue weighted by Gasteiger charge is 2.46. The summed E-state index contributed by atoms with van der Waals surface area (Å²) in [5.74, 6) is 0.544. The van der Waals surface area contributed by atoms with Crippen LogP contribution in [0.2, 0.25) is 0 Å². The van der Waals surface area contributed by atoms with Crippen molar-refractivity contribution in [2.24, 2.45) is 5.92 Å². The lowest BCUT2D eigenvalue weighted by Crippen LogP contribution is -2.53. The molecular formula is C17H23N3. The Morgan fingerprint density at radius 3 is 2.45 bits per heavy atom. The van der Waals surface area contributed by atoms with Gasteiger partial charge in [-0.1, -0.05) is 31.2 Å². The molecule has 1 aromatic rings. The summed E-state index contributed by atoms with van der Waals surface area (Å²) >= 11 is 0. The third kappa shape index (κ3) is 2.59. The largest absolute Gasteiger partial charge is 0.298 e. The SMILES string of the molecule is CCCNC(C#N)(CN1Cc2ccccc2C1)C1CC1. The number of hydrogen-bond donors (Lipinski definition) is 1. The zero-order valence-electron chi connectivity index (χ0n) is 12.2. The molecule has 1 heterocycles. The van der Waals surface area contributed by atoms with E-state index in [4.69, 9.17) is 0 Å². The molecule has 3 rings (SSSR count). The summed E-state index contributed by atoms with van der Waals surface area (Å²) in [7, 11) is 0. The van der Waals surface area contributed by atoms with Gasteiger partial charge in [-0.25, -0.2) is 0 Å². The van der Waals surface area contributed by atoms with Crippen LogP contribution >= 0.6 is 0 Å². The molecule has 0 amide bonds. The molecule has 1 atom stereocenters. The zero-order chi connectivity index (χ0) is 14.0. The number of nitrogens with one attached hydrogen (secondary N) is 1. The van der Waals surface area contributed by atoms with Gasteiger partial charge in [0.05, 0.1) is 6.07 Å². The Morgan fingerprint density at radius 2 is 1.95 bits per heavy atom. The molecule has 106 valence electrons. The van der Waals surface area contributed by atoms with Gasteiger partial charge in [-0.3, -0.25) is 10.2 Å². The van der Waals surface area contributed by atoms with Gasteiger partial charge in [0.25, 0.3) is 0 Å². The smallest absolute Gasteiger partial charge is 0.122 e. The van der Waals surface area contributed by atoms with Crippen molar-refractivity contribution < 1.29 is 0 Å². The third-order valence-electron chi connectivity index (χ3n) is 4.54. The lowest BCUT2D eigenvalue weighted by atomic mass is 9.94. The normalized spacial score (nSPS) is 21.2. The number of nitrogens with zero attached hydrogens (tertiary/aromatic N) is 2. The van der Waals surface area contributed by atoms with Gasteiger partial charge < -0.3 is 0 Å². The van der Waals surface area contributed by atoms with Crippen molar-refractivity contribution in [2.45, 2.75) is 44.8 Å². The van der Waals surface area contributed by atoms with Crippen molar-refractivity contribution in [2.75, 3.05) is 13.1 Å². The molecule has 2 aliphatic rings. The summed E-state index contributed by atoms with van der Waals surface area (Å²) in [6, 6.07) is 11.2. The van der Waals surface area contributed by atoms with Crippen LogP contribution in [0.1, 0.15) is 37.3 Å². The number of fused-ring (bicyclic) bond motifs is 1. The first-order valence-corrected chi connectivity index (χ1v) is 7.73. The summed E-state index contributed by atoms with van der Waals surface area (Å²) in [6.45, 7) is 5.92. The Bertz CT molecular complexity index is 490. The minimum atomic E-state index is -0.335. The van der Waals surface area contributed by atoms with Gasteiger partial charge in [-0.2, -0.15) is 5.26 Å². The maximum atomic E-state index is 9.75. The summed E-state index contributed by atoms with van der Waals surface area (Å²) in [5.41, 5.74) is 2.51. The van der Waals surface area contributed by atoms with E-state index in [1.54, 1.807) is 0 Å². The van der Waals surface area contributed by atoms with Crippen molar-refractivity contribution in [1.82, 2.24) is 10.2 Å². The van der Waals surface area contributed by atoms with Crippen LogP contribution < -0.4 is 5.32 Å². The Labute approximate surface area is 121 Å². The Balaban J connectivity index is 1.70. The lowest BCUT2D eigenvalue weighted by molar-refractivity contribution is 0.197. The minimum Gasteiger partial charge on any atom is -0.298 e. The highest BCUT2D eigenvalue weighted by atomic mass is 15.2. The van der Waals surface area contributed by atoms with Gasteiger partial charge in [0.1, 0.15) is 5.54 Å². The van der Waals surface area contributed by atoms with Crippen LogP contribution in [0.3, 0.4) is 0 Å². The summed E-state index contributed by atoms with van der Waals surface area (Å²) < 4.78 is 0. The maximum absolute atomic E-state index is 9.75. The molecule has 1 saturated carbocycles. The van der Waals surface area contributed by atoms with Gasteiger partial charge in [0.2, 0.25) is 0 Å². The van der Waals surface area contributed by atoms with E-state index in [1.165, 1.54) is 24.0 Å². The lowest BCUT2D eigenvalue weighted by Gasteiger charge is -2.32. The number of rotatable bonds is 6. The van der Waals surface area contributed by atoms with E-state index >= 15 is 0 Å². The number of hydrogen-bond acceptors (Lipinski definition) is 3. The molecule has 1 aliphatic carbocycles. The average molecular weight is 269 g/mol. The van der Waals surface area contributed by atoms with Crippen molar-refractivity contribution in [3.8, 4) is 6.07 Å². The van der Waals surface area contributed by atoms with Crippen LogP contribution in [0.5, 0.6) is 0 Å². The fourth-order valence-electron chi connectivity index (χ4n) is 3.29. The molecule has 0 bridgehead atoms. The maximum Gasteiger partial charge on any atom is 0.122 e. The highest BCUT2D eigenvalue weighted by Crippen LogP contribution is 2.41. The fourth-order valence-corrected chi connectivity index (χ4v) is 3.29. The zero-order valence-corrected chi connectivity index (χ0v) is 12.2. The first-order valence-electron chi connectivity index (χ1n) is 7.73. The van der Waals surface area contributed by atoms with E-state index in [0.717, 1.165) is 32.6 Å². The van der Waals surface area contributed by atoms with Crippen LogP contribution in [0.15, 0.2) is 24.3 Å². The molecule has 0 spiro atoms. The molecule has 1 aliphatic heterocycles. The van der Waals surface area contributed by atoms with Crippen LogP contribution in [0, 0.1) is 17.2 Å². The fraction of sp³-hybridized carbons (Fsp3) is 0.588. The molecule has 3 heteroatoms. The van der Waals surface area contributed by atoms with Gasteiger partial charge in [-0.15, -0.1) is 0 Å². The molecule has 20 heavy (non-hydrogen) atoms. The molecule has 0 saturated heterocycles. The topological polar surface area (TPSA) is 39.1 Å². The predicted molar refractivity (Wildman–Crippen MR) is 79.9 cm³/mol. The van der Waals surface area contributed by atoms with E-state index < -0.39 is 0 Å². The van der Waals surface area contributed by atoms with Crippen LogP contribution in [-0.4, -0.2) is 23.5 Å². The van der Waals surface area contributed by atoms with Crippen LogP contribution in [0.25, 0.3) is 0 Å². The van der Waals surface area contributed by atoms with Crippen molar-refractivity contribution >= 4 is 0 Å². The van der Waals surface area contributed by atoms with E-state index in [0.29, 0.717) is 5.92 Å². The molecule has 0 aromatic heterocycles. The molecule has 1 unspecified atom stereocenters. The molecule has 1 aromatic carbocycles. The molecule has 1 N–H and O–H groups in total. The summed E-state index contributed by atoms with van der Waals surface area (Å²) in [5, 5.41) is 13.3. The van der Waals surface area contributed by atoms with Crippen molar-refractivity contribution in [3.05, 3.63) is 35.4 Å². The van der Waals surface area contributed by atoms with Crippen molar-refractivity contribution in [3.63, 3.8) is 0 Å². The Kier molecular flexibility index (Phi) is 3.78. The summed E-state index contributed by atoms with van der Waals surface area (Å²) in [6.07, 6.45) is 3.48. The Morgan fingerprint density at radius 1 is 1.30 bits per heavy atom. The number of benzene rings is 1. The second-order valence-corrected chi connectivity index (χ2v) is 6.20. The van der Waals surface area contributed by atoms with Crippen molar-refractivity contribution in [1.29, 1.82) is 5.26 Å².